The highest BCUT2D eigenvalue weighted by Gasteiger charge is 2.31. The van der Waals surface area contributed by atoms with Gasteiger partial charge in [0.1, 0.15) is 5.75 Å². The molecule has 0 aliphatic carbocycles. The molecule has 1 aliphatic rings. The predicted molar refractivity (Wildman–Crippen MR) is 141 cm³/mol. The summed E-state index contributed by atoms with van der Waals surface area (Å²) < 4.78 is 18.7. The van der Waals surface area contributed by atoms with Crippen molar-refractivity contribution in [1.29, 1.82) is 0 Å². The zero-order valence-corrected chi connectivity index (χ0v) is 22.7. The first-order valence-electron chi connectivity index (χ1n) is 11.0. The van der Waals surface area contributed by atoms with Crippen LogP contribution in [0.15, 0.2) is 56.4 Å². The molecule has 8 nitrogen and oxygen atoms in total. The van der Waals surface area contributed by atoms with Gasteiger partial charge in [-0.2, -0.15) is 0 Å². The molecule has 188 valence electrons. The molecule has 0 unspecified atom stereocenters. The highest BCUT2D eigenvalue weighted by molar-refractivity contribution is 9.10. The number of esters is 1. The second kappa shape index (κ2) is 10.9. The molecule has 0 fully saturated rings. The summed E-state index contributed by atoms with van der Waals surface area (Å²) in [5.41, 5.74) is 1.11. The lowest BCUT2D eigenvalue weighted by Crippen LogP contribution is -2.39. The number of thiazole rings is 1. The third kappa shape index (κ3) is 4.93. The summed E-state index contributed by atoms with van der Waals surface area (Å²) in [6.07, 6.45) is 3.08. The van der Waals surface area contributed by atoms with Crippen molar-refractivity contribution >= 4 is 50.9 Å². The van der Waals surface area contributed by atoms with E-state index in [0.29, 0.717) is 49.6 Å². The zero-order chi connectivity index (χ0) is 26.0. The minimum absolute atomic E-state index is 0.0846. The standard InChI is InChI=1S/C25H22BrClN2O6S/c1-4-34-18-7-6-14(11-19(18)35-5-2)21-15(24(32)33-3)12-28-25-29(21)23(31)20(36-25)10-13-8-16(26)22(30)17(27)9-13/h6-12,21,30H,4-5H2,1-3H3/b20-10-/t21-/m0/s1. The van der Waals surface area contributed by atoms with Gasteiger partial charge in [-0.15, -0.1) is 0 Å². The van der Waals surface area contributed by atoms with Gasteiger partial charge in [0.05, 0.1) is 46.0 Å². The molecule has 3 aromatic rings. The fourth-order valence-electron chi connectivity index (χ4n) is 3.81. The van der Waals surface area contributed by atoms with Crippen LogP contribution in [0.25, 0.3) is 6.08 Å². The third-order valence-electron chi connectivity index (χ3n) is 5.35. The van der Waals surface area contributed by atoms with Crippen molar-refractivity contribution in [2.24, 2.45) is 4.99 Å². The smallest absolute Gasteiger partial charge is 0.337 e. The van der Waals surface area contributed by atoms with Gasteiger partial charge in [0.2, 0.25) is 0 Å². The van der Waals surface area contributed by atoms with E-state index >= 15 is 0 Å². The first-order valence-corrected chi connectivity index (χ1v) is 12.9. The number of methoxy groups -OCH3 is 1. The number of carbonyl (C=O) groups is 1. The van der Waals surface area contributed by atoms with Crippen molar-refractivity contribution in [3.05, 3.63) is 82.4 Å². The Kier molecular flexibility index (Phi) is 7.87. The minimum atomic E-state index is -0.791. The number of rotatable bonds is 7. The van der Waals surface area contributed by atoms with Gasteiger partial charge in [0, 0.05) is 6.20 Å². The van der Waals surface area contributed by atoms with Crippen LogP contribution in [0, 0.1) is 0 Å². The van der Waals surface area contributed by atoms with Crippen molar-refractivity contribution in [1.82, 2.24) is 4.57 Å². The Morgan fingerprint density at radius 2 is 1.94 bits per heavy atom. The first kappa shape index (κ1) is 26.0. The van der Waals surface area contributed by atoms with E-state index in [1.807, 2.05) is 13.8 Å². The number of nitrogens with zero attached hydrogens (tertiary/aromatic N) is 2. The van der Waals surface area contributed by atoms with Gasteiger partial charge in [-0.3, -0.25) is 9.36 Å². The van der Waals surface area contributed by atoms with E-state index < -0.39 is 12.0 Å². The number of aromatic nitrogens is 1. The Balaban J connectivity index is 1.91. The topological polar surface area (TPSA) is 99.4 Å². The summed E-state index contributed by atoms with van der Waals surface area (Å²) in [4.78, 5) is 31.1. The SMILES string of the molecule is CCOc1ccc([C@H]2C(C(=O)OC)=CN=c3s/c(=C\c4cc(Cl)c(O)c(Br)c4)c(=O)n32)cc1OCC. The average molecular weight is 594 g/mol. The van der Waals surface area contributed by atoms with Crippen LogP contribution in [0.3, 0.4) is 0 Å². The van der Waals surface area contributed by atoms with Crippen LogP contribution in [-0.2, 0) is 9.53 Å². The minimum Gasteiger partial charge on any atom is -0.505 e. The maximum absolute atomic E-state index is 13.6. The van der Waals surface area contributed by atoms with Gasteiger partial charge >= 0.3 is 5.97 Å². The molecule has 0 bridgehead atoms. The van der Waals surface area contributed by atoms with Crippen LogP contribution >= 0.6 is 38.9 Å². The molecule has 0 radical (unpaired) electrons. The number of benzene rings is 2. The van der Waals surface area contributed by atoms with Gasteiger partial charge in [-0.05, 0) is 71.2 Å². The van der Waals surface area contributed by atoms with E-state index in [4.69, 9.17) is 25.8 Å². The number of hydrogen-bond donors (Lipinski definition) is 1. The molecular weight excluding hydrogens is 572 g/mol. The quantitative estimate of drug-likeness (QED) is 0.417. The van der Waals surface area contributed by atoms with Crippen molar-refractivity contribution in [2.45, 2.75) is 19.9 Å². The van der Waals surface area contributed by atoms with E-state index in [1.54, 1.807) is 36.4 Å². The second-order valence-corrected chi connectivity index (χ2v) is 9.85. The van der Waals surface area contributed by atoms with Crippen molar-refractivity contribution in [2.75, 3.05) is 20.3 Å². The van der Waals surface area contributed by atoms with Gasteiger partial charge in [0.25, 0.3) is 5.56 Å². The van der Waals surface area contributed by atoms with Crippen LogP contribution in [0.2, 0.25) is 5.02 Å². The third-order valence-corrected chi connectivity index (χ3v) is 7.23. The first-order chi connectivity index (χ1) is 17.3. The molecule has 0 amide bonds. The Labute approximate surface area is 223 Å². The van der Waals surface area contributed by atoms with Gasteiger partial charge in [-0.1, -0.05) is 29.0 Å². The van der Waals surface area contributed by atoms with E-state index in [9.17, 15) is 14.7 Å². The number of phenols is 1. The molecule has 1 N–H and O–H groups in total. The highest BCUT2D eigenvalue weighted by Crippen LogP contribution is 2.35. The number of aromatic hydroxyl groups is 1. The summed E-state index contributed by atoms with van der Waals surface area (Å²) >= 11 is 10.5. The number of carbonyl (C=O) groups excluding carboxylic acids is 1. The molecule has 1 aliphatic heterocycles. The molecular formula is C25H22BrClN2O6S. The van der Waals surface area contributed by atoms with Crippen LogP contribution < -0.4 is 24.4 Å². The maximum atomic E-state index is 13.6. The monoisotopic (exact) mass is 592 g/mol. The summed E-state index contributed by atoms with van der Waals surface area (Å²) in [7, 11) is 1.28. The number of fused-ring (bicyclic) bond motifs is 1. The lowest BCUT2D eigenvalue weighted by molar-refractivity contribution is -0.136. The Hall–Kier alpha value is -3.08. The number of ether oxygens (including phenoxy) is 3. The van der Waals surface area contributed by atoms with Crippen molar-refractivity contribution in [3.63, 3.8) is 0 Å². The fourth-order valence-corrected chi connectivity index (χ4v) is 5.60. The van der Waals surface area contributed by atoms with Gasteiger partial charge in [-0.25, -0.2) is 9.79 Å². The van der Waals surface area contributed by atoms with Gasteiger partial charge < -0.3 is 19.3 Å². The van der Waals surface area contributed by atoms with E-state index in [2.05, 4.69) is 20.9 Å². The fraction of sp³-hybridized carbons (Fsp3) is 0.240. The zero-order valence-electron chi connectivity index (χ0n) is 19.6. The molecule has 1 aromatic heterocycles. The molecule has 0 saturated heterocycles. The second-order valence-electron chi connectivity index (χ2n) is 7.58. The molecule has 1 atom stereocenters. The number of phenolic OH excluding ortho intramolecular Hbond substituents is 1. The average Bonchev–Trinajstić information content (AvgIpc) is 3.17. The molecule has 2 aromatic carbocycles. The Morgan fingerprint density at radius 3 is 2.61 bits per heavy atom. The summed E-state index contributed by atoms with van der Waals surface area (Å²) in [5, 5.41) is 10.1. The molecule has 11 heteroatoms. The van der Waals surface area contributed by atoms with E-state index in [0.717, 1.165) is 0 Å². The lowest BCUT2D eigenvalue weighted by Gasteiger charge is -2.23. The van der Waals surface area contributed by atoms with Crippen LogP contribution in [-0.4, -0.2) is 36.0 Å². The molecule has 2 heterocycles. The van der Waals surface area contributed by atoms with Crippen LogP contribution in [0.4, 0.5) is 0 Å². The Morgan fingerprint density at radius 1 is 1.22 bits per heavy atom. The Bertz CT molecular complexity index is 1520. The van der Waals surface area contributed by atoms with Crippen molar-refractivity contribution < 1.29 is 24.1 Å². The van der Waals surface area contributed by atoms with E-state index in [-0.39, 0.29) is 21.9 Å². The summed E-state index contributed by atoms with van der Waals surface area (Å²) in [6, 6.07) is 7.71. The van der Waals surface area contributed by atoms with Crippen LogP contribution in [0.5, 0.6) is 17.2 Å². The van der Waals surface area contributed by atoms with Gasteiger partial charge in [0.15, 0.2) is 16.3 Å². The molecule has 0 spiro atoms. The number of halogens is 2. The number of hydrogen-bond acceptors (Lipinski definition) is 8. The maximum Gasteiger partial charge on any atom is 0.337 e. The molecule has 36 heavy (non-hydrogen) atoms. The molecule has 4 rings (SSSR count). The molecule has 0 saturated carbocycles. The summed E-state index contributed by atoms with van der Waals surface area (Å²) in [6.45, 7) is 4.61. The highest BCUT2D eigenvalue weighted by atomic mass is 79.9. The van der Waals surface area contributed by atoms with Crippen molar-refractivity contribution in [3.8, 4) is 17.2 Å². The predicted octanol–water partition coefficient (Wildman–Crippen LogP) is 3.94. The normalized spacial score (nSPS) is 15.1. The lowest BCUT2D eigenvalue weighted by atomic mass is 9.97. The van der Waals surface area contributed by atoms with E-state index in [1.165, 1.54) is 29.2 Å². The largest absolute Gasteiger partial charge is 0.505 e. The van der Waals surface area contributed by atoms with Crippen LogP contribution in [0.1, 0.15) is 31.0 Å². The summed E-state index contributed by atoms with van der Waals surface area (Å²) in [5.74, 6) is 0.385.